The van der Waals surface area contributed by atoms with Crippen LogP contribution in [-0.2, 0) is 4.79 Å². The van der Waals surface area contributed by atoms with E-state index in [2.05, 4.69) is 5.10 Å². The second kappa shape index (κ2) is 4.63. The summed E-state index contributed by atoms with van der Waals surface area (Å²) in [7, 11) is 0. The Balaban J connectivity index is 2.24. The summed E-state index contributed by atoms with van der Waals surface area (Å²) in [4.78, 5) is 12.1. The van der Waals surface area contributed by atoms with Crippen LogP contribution in [0.25, 0.3) is 0 Å². The van der Waals surface area contributed by atoms with Crippen LogP contribution in [0.5, 0.6) is 0 Å². The average molecular weight is 235 g/mol. The first-order valence-corrected chi connectivity index (χ1v) is 5.48. The Labute approximate surface area is 98.9 Å². The third-order valence-electron chi connectivity index (χ3n) is 2.80. The van der Waals surface area contributed by atoms with Gasteiger partial charge in [-0.3, -0.25) is 4.79 Å². The molecular formula is C12H14FN3O. The molecule has 1 aromatic rings. The number of nitrogens with zero attached hydrogens (tertiary/aromatic N) is 2. The number of carbonyl (C=O) groups excluding carboxylic acids is 1. The van der Waals surface area contributed by atoms with Gasteiger partial charge in [0.05, 0.1) is 11.6 Å². The lowest BCUT2D eigenvalue weighted by Crippen LogP contribution is -2.28. The molecule has 1 aliphatic heterocycles. The second-order valence-electron chi connectivity index (χ2n) is 4.00. The standard InChI is InChI=1S/C12H14FN3O/c1-8-11(6-7-14)12(17)16(15-8)10-4-2-9(13)3-5-10/h2-5,11H,6-7,14H2,1H3. The number of amides is 1. The van der Waals surface area contributed by atoms with Gasteiger partial charge in [0.25, 0.3) is 5.91 Å². The van der Waals surface area contributed by atoms with E-state index in [0.717, 1.165) is 5.71 Å². The number of halogens is 1. The van der Waals surface area contributed by atoms with Gasteiger partial charge in [-0.1, -0.05) is 0 Å². The molecule has 0 radical (unpaired) electrons. The molecular weight excluding hydrogens is 221 g/mol. The van der Waals surface area contributed by atoms with E-state index in [-0.39, 0.29) is 17.6 Å². The number of nitrogens with two attached hydrogens (primary N) is 1. The Kier molecular flexibility index (Phi) is 3.19. The number of hydrogen-bond donors (Lipinski definition) is 1. The lowest BCUT2D eigenvalue weighted by molar-refractivity contribution is -0.119. The largest absolute Gasteiger partial charge is 0.330 e. The van der Waals surface area contributed by atoms with E-state index in [1.165, 1.54) is 29.3 Å². The fraction of sp³-hybridized carbons (Fsp3) is 0.333. The van der Waals surface area contributed by atoms with Crippen LogP contribution in [0.15, 0.2) is 29.4 Å². The van der Waals surface area contributed by atoms with E-state index in [4.69, 9.17) is 5.73 Å². The fourth-order valence-electron chi connectivity index (χ4n) is 1.87. The van der Waals surface area contributed by atoms with Crippen LogP contribution in [0.4, 0.5) is 10.1 Å². The normalized spacial score (nSPS) is 19.7. The van der Waals surface area contributed by atoms with E-state index in [1.54, 1.807) is 0 Å². The zero-order chi connectivity index (χ0) is 12.4. The minimum atomic E-state index is -0.334. The number of carbonyl (C=O) groups is 1. The number of rotatable bonds is 3. The van der Waals surface area contributed by atoms with Gasteiger partial charge in [0.1, 0.15) is 5.82 Å². The molecule has 1 unspecified atom stereocenters. The van der Waals surface area contributed by atoms with E-state index in [9.17, 15) is 9.18 Å². The lowest BCUT2D eigenvalue weighted by atomic mass is 10.0. The molecule has 1 amide bonds. The molecule has 90 valence electrons. The van der Waals surface area contributed by atoms with E-state index in [0.29, 0.717) is 18.7 Å². The SMILES string of the molecule is CC1=NN(c2ccc(F)cc2)C(=O)C1CCN. The van der Waals surface area contributed by atoms with Crippen LogP contribution < -0.4 is 10.7 Å². The number of benzene rings is 1. The molecule has 5 heteroatoms. The predicted octanol–water partition coefficient (Wildman–Crippen LogP) is 1.51. The summed E-state index contributed by atoms with van der Waals surface area (Å²) < 4.78 is 12.8. The highest BCUT2D eigenvalue weighted by atomic mass is 19.1. The molecule has 2 N–H and O–H groups in total. The van der Waals surface area contributed by atoms with Crippen molar-refractivity contribution >= 4 is 17.3 Å². The summed E-state index contributed by atoms with van der Waals surface area (Å²) >= 11 is 0. The fourth-order valence-corrected chi connectivity index (χ4v) is 1.87. The Bertz CT molecular complexity index is 455. The molecule has 0 aliphatic carbocycles. The molecule has 1 heterocycles. The Morgan fingerprint density at radius 3 is 2.65 bits per heavy atom. The summed E-state index contributed by atoms with van der Waals surface area (Å²) in [6, 6.07) is 5.69. The average Bonchev–Trinajstić information content (AvgIpc) is 2.59. The van der Waals surface area contributed by atoms with Crippen LogP contribution in [0.2, 0.25) is 0 Å². The van der Waals surface area contributed by atoms with Crippen LogP contribution in [0, 0.1) is 11.7 Å². The quantitative estimate of drug-likeness (QED) is 0.863. The molecule has 2 rings (SSSR count). The molecule has 17 heavy (non-hydrogen) atoms. The third kappa shape index (κ3) is 2.19. The summed E-state index contributed by atoms with van der Waals surface area (Å²) in [5, 5.41) is 5.51. The van der Waals surface area contributed by atoms with Crippen LogP contribution in [0.1, 0.15) is 13.3 Å². The molecule has 1 aromatic carbocycles. The maximum absolute atomic E-state index is 12.8. The van der Waals surface area contributed by atoms with Gasteiger partial charge >= 0.3 is 0 Å². The minimum Gasteiger partial charge on any atom is -0.330 e. The molecule has 0 spiro atoms. The smallest absolute Gasteiger partial charge is 0.256 e. The molecule has 0 saturated heterocycles. The van der Waals surface area contributed by atoms with Gasteiger partial charge in [-0.15, -0.1) is 0 Å². The van der Waals surface area contributed by atoms with Crippen molar-refractivity contribution in [3.63, 3.8) is 0 Å². The lowest BCUT2D eigenvalue weighted by Gasteiger charge is -2.13. The Morgan fingerprint density at radius 1 is 1.41 bits per heavy atom. The molecule has 4 nitrogen and oxygen atoms in total. The summed E-state index contributed by atoms with van der Waals surface area (Å²) in [6.07, 6.45) is 0.589. The molecule has 1 atom stereocenters. The summed E-state index contributed by atoms with van der Waals surface area (Å²) in [5.41, 5.74) is 6.79. The van der Waals surface area contributed by atoms with Gasteiger partial charge in [-0.2, -0.15) is 5.10 Å². The maximum atomic E-state index is 12.8. The van der Waals surface area contributed by atoms with E-state index in [1.807, 2.05) is 6.92 Å². The first-order chi connectivity index (χ1) is 8.13. The highest BCUT2D eigenvalue weighted by Gasteiger charge is 2.33. The topological polar surface area (TPSA) is 58.7 Å². The van der Waals surface area contributed by atoms with Crippen molar-refractivity contribution in [2.75, 3.05) is 11.6 Å². The summed E-state index contributed by atoms with van der Waals surface area (Å²) in [5.74, 6) is -0.677. The molecule has 0 bridgehead atoms. The van der Waals surface area contributed by atoms with Gasteiger partial charge in [0.2, 0.25) is 0 Å². The minimum absolute atomic E-state index is 0.0976. The van der Waals surface area contributed by atoms with Gasteiger partial charge in [-0.05, 0) is 44.2 Å². The Hall–Kier alpha value is -1.75. The highest BCUT2D eigenvalue weighted by Crippen LogP contribution is 2.25. The first kappa shape index (κ1) is 11.7. The van der Waals surface area contributed by atoms with Crippen molar-refractivity contribution < 1.29 is 9.18 Å². The van der Waals surface area contributed by atoms with Crippen molar-refractivity contribution in [2.24, 2.45) is 16.8 Å². The Morgan fingerprint density at radius 2 is 2.06 bits per heavy atom. The van der Waals surface area contributed by atoms with E-state index >= 15 is 0 Å². The molecule has 0 aromatic heterocycles. The van der Waals surface area contributed by atoms with Crippen molar-refractivity contribution in [1.29, 1.82) is 0 Å². The zero-order valence-electron chi connectivity index (χ0n) is 9.56. The van der Waals surface area contributed by atoms with E-state index < -0.39 is 0 Å². The van der Waals surface area contributed by atoms with Crippen molar-refractivity contribution in [1.82, 2.24) is 0 Å². The predicted molar refractivity (Wildman–Crippen MR) is 64.2 cm³/mol. The van der Waals surface area contributed by atoms with Crippen LogP contribution >= 0.6 is 0 Å². The third-order valence-corrected chi connectivity index (χ3v) is 2.80. The zero-order valence-corrected chi connectivity index (χ0v) is 9.56. The number of anilines is 1. The van der Waals surface area contributed by atoms with Gasteiger partial charge in [0, 0.05) is 5.71 Å². The monoisotopic (exact) mass is 235 g/mol. The highest BCUT2D eigenvalue weighted by molar-refractivity contribution is 6.14. The molecule has 0 fully saturated rings. The first-order valence-electron chi connectivity index (χ1n) is 5.48. The van der Waals surface area contributed by atoms with Crippen molar-refractivity contribution in [3.8, 4) is 0 Å². The van der Waals surface area contributed by atoms with Gasteiger partial charge in [0.15, 0.2) is 0 Å². The summed E-state index contributed by atoms with van der Waals surface area (Å²) in [6.45, 7) is 2.25. The van der Waals surface area contributed by atoms with Crippen molar-refractivity contribution in [2.45, 2.75) is 13.3 Å². The second-order valence-corrected chi connectivity index (χ2v) is 4.00. The number of hydrogen-bond acceptors (Lipinski definition) is 3. The molecule has 0 saturated carbocycles. The number of hydrazone groups is 1. The van der Waals surface area contributed by atoms with Gasteiger partial charge < -0.3 is 5.73 Å². The van der Waals surface area contributed by atoms with Crippen molar-refractivity contribution in [3.05, 3.63) is 30.1 Å². The molecule has 1 aliphatic rings. The van der Waals surface area contributed by atoms with Gasteiger partial charge in [-0.25, -0.2) is 9.40 Å². The maximum Gasteiger partial charge on any atom is 0.256 e. The van der Waals surface area contributed by atoms with Crippen LogP contribution in [0.3, 0.4) is 0 Å². The van der Waals surface area contributed by atoms with Crippen LogP contribution in [-0.4, -0.2) is 18.2 Å².